The molecule has 2 aromatic rings. The molecule has 0 aliphatic carbocycles. The Morgan fingerprint density at radius 2 is 2.21 bits per heavy atom. The summed E-state index contributed by atoms with van der Waals surface area (Å²) in [7, 11) is 0. The van der Waals surface area contributed by atoms with Gasteiger partial charge >= 0.3 is 6.03 Å². The van der Waals surface area contributed by atoms with E-state index >= 15 is 0 Å². The Morgan fingerprint density at radius 3 is 2.93 bits per heavy atom. The number of hydrogen-bond acceptors (Lipinski definition) is 3. The summed E-state index contributed by atoms with van der Waals surface area (Å²) in [5.41, 5.74) is 4.19. The molecule has 1 aromatic heterocycles. The third kappa shape index (κ3) is 6.08. The highest BCUT2D eigenvalue weighted by atomic mass is 16.5. The van der Waals surface area contributed by atoms with Crippen molar-refractivity contribution < 1.29 is 9.53 Å². The molecule has 2 heterocycles. The summed E-state index contributed by atoms with van der Waals surface area (Å²) >= 11 is 0. The Morgan fingerprint density at radius 1 is 1.34 bits per heavy atom. The van der Waals surface area contributed by atoms with Crippen LogP contribution in [0.15, 0.2) is 48.2 Å². The van der Waals surface area contributed by atoms with E-state index in [4.69, 9.17) is 4.74 Å². The van der Waals surface area contributed by atoms with E-state index in [9.17, 15) is 4.79 Å². The van der Waals surface area contributed by atoms with Gasteiger partial charge in [0.05, 0.1) is 18.5 Å². The monoisotopic (exact) mass is 393 g/mol. The summed E-state index contributed by atoms with van der Waals surface area (Å²) < 4.78 is 5.82. The zero-order valence-electron chi connectivity index (χ0n) is 17.6. The maximum Gasteiger partial charge on any atom is 0.321 e. The first kappa shape index (κ1) is 20.9. The van der Waals surface area contributed by atoms with Crippen molar-refractivity contribution >= 4 is 17.8 Å². The van der Waals surface area contributed by atoms with Crippen molar-refractivity contribution in [1.82, 2.24) is 9.88 Å². The highest BCUT2D eigenvalue weighted by molar-refractivity contribution is 5.89. The van der Waals surface area contributed by atoms with Gasteiger partial charge in [-0.25, -0.2) is 4.79 Å². The number of benzene rings is 1. The molecule has 1 unspecified atom stereocenters. The van der Waals surface area contributed by atoms with Gasteiger partial charge in [-0.2, -0.15) is 0 Å². The lowest BCUT2D eigenvalue weighted by Crippen LogP contribution is -2.42. The number of piperidine rings is 1. The van der Waals surface area contributed by atoms with Gasteiger partial charge in [-0.1, -0.05) is 44.1 Å². The van der Waals surface area contributed by atoms with E-state index in [2.05, 4.69) is 42.4 Å². The maximum absolute atomic E-state index is 12.6. The van der Waals surface area contributed by atoms with Crippen LogP contribution in [0.4, 0.5) is 10.5 Å². The summed E-state index contributed by atoms with van der Waals surface area (Å²) in [5.74, 6) is 1.24. The Labute approximate surface area is 173 Å². The van der Waals surface area contributed by atoms with Crippen LogP contribution in [0.1, 0.15) is 44.4 Å². The Hall–Kier alpha value is -2.82. The van der Waals surface area contributed by atoms with Crippen molar-refractivity contribution in [3.63, 3.8) is 0 Å². The summed E-state index contributed by atoms with van der Waals surface area (Å²) in [4.78, 5) is 18.7. The molecule has 1 aromatic carbocycles. The molecular formula is C24H31N3O2. The largest absolute Gasteiger partial charge is 0.494 e. The van der Waals surface area contributed by atoms with Gasteiger partial charge in [0.15, 0.2) is 0 Å². The number of carbonyl (C=O) groups excluding carboxylic acids is 1. The number of amides is 2. The maximum atomic E-state index is 12.6. The molecule has 0 spiro atoms. The zero-order valence-corrected chi connectivity index (χ0v) is 17.6. The standard InChI is InChI=1S/C24H31N3O2/c1-4-5-13-29-23-8-6-7-20(15-23)14-21-11-12-27(17-18(21)2)24(28)26-22-10-9-19(3)25-16-22/h6-10,14-16,18H,4-5,11-13,17H2,1-3H3,(H,26,28)/b21-14+. The van der Waals surface area contributed by atoms with Crippen LogP contribution in [0.5, 0.6) is 5.75 Å². The number of nitrogens with zero attached hydrogens (tertiary/aromatic N) is 2. The topological polar surface area (TPSA) is 54.5 Å². The minimum Gasteiger partial charge on any atom is -0.494 e. The van der Waals surface area contributed by atoms with Gasteiger partial charge in [-0.3, -0.25) is 4.98 Å². The predicted molar refractivity (Wildman–Crippen MR) is 118 cm³/mol. The van der Waals surface area contributed by atoms with Crippen molar-refractivity contribution in [2.24, 2.45) is 5.92 Å². The number of urea groups is 1. The number of aromatic nitrogens is 1. The van der Waals surface area contributed by atoms with Crippen LogP contribution in [-0.4, -0.2) is 35.6 Å². The molecule has 0 bridgehead atoms. The fraction of sp³-hybridized carbons (Fsp3) is 0.417. The first-order valence-corrected chi connectivity index (χ1v) is 10.5. The van der Waals surface area contributed by atoms with E-state index in [1.165, 1.54) is 5.57 Å². The average Bonchev–Trinajstić information content (AvgIpc) is 2.72. The van der Waals surface area contributed by atoms with E-state index < -0.39 is 0 Å². The molecule has 1 N–H and O–H groups in total. The van der Waals surface area contributed by atoms with Crippen LogP contribution < -0.4 is 10.1 Å². The van der Waals surface area contributed by atoms with Gasteiger partial charge in [0, 0.05) is 18.8 Å². The van der Waals surface area contributed by atoms with Crippen molar-refractivity contribution in [3.05, 3.63) is 59.4 Å². The number of hydrogen-bond donors (Lipinski definition) is 1. The third-order valence-corrected chi connectivity index (χ3v) is 5.22. The lowest BCUT2D eigenvalue weighted by molar-refractivity contribution is 0.198. The SMILES string of the molecule is CCCCOc1cccc(/C=C2\CCN(C(=O)Nc3ccc(C)nc3)CC2C)c1. The van der Waals surface area contributed by atoms with E-state index in [-0.39, 0.29) is 6.03 Å². The molecule has 5 nitrogen and oxygen atoms in total. The molecule has 29 heavy (non-hydrogen) atoms. The first-order valence-electron chi connectivity index (χ1n) is 10.5. The third-order valence-electron chi connectivity index (χ3n) is 5.22. The van der Waals surface area contributed by atoms with E-state index in [0.717, 1.165) is 48.6 Å². The molecule has 1 atom stereocenters. The van der Waals surface area contributed by atoms with E-state index in [0.29, 0.717) is 19.0 Å². The van der Waals surface area contributed by atoms with Crippen molar-refractivity contribution in [3.8, 4) is 5.75 Å². The van der Waals surface area contributed by atoms with Crippen molar-refractivity contribution in [2.75, 3.05) is 25.0 Å². The van der Waals surface area contributed by atoms with Crippen LogP contribution in [-0.2, 0) is 0 Å². The number of rotatable bonds is 6. The number of likely N-dealkylation sites (tertiary alicyclic amines) is 1. The molecule has 3 rings (SSSR count). The number of carbonyl (C=O) groups is 1. The summed E-state index contributed by atoms with van der Waals surface area (Å²) in [5, 5.41) is 2.94. The highest BCUT2D eigenvalue weighted by Crippen LogP contribution is 2.26. The number of ether oxygens (including phenoxy) is 1. The zero-order chi connectivity index (χ0) is 20.6. The second kappa shape index (κ2) is 10.1. The van der Waals surface area contributed by atoms with Gasteiger partial charge in [0.2, 0.25) is 0 Å². The average molecular weight is 394 g/mol. The van der Waals surface area contributed by atoms with Gasteiger partial charge in [0.1, 0.15) is 5.75 Å². The lowest BCUT2D eigenvalue weighted by Gasteiger charge is -2.33. The quantitative estimate of drug-likeness (QED) is 0.657. The van der Waals surface area contributed by atoms with Crippen molar-refractivity contribution in [2.45, 2.75) is 40.0 Å². The van der Waals surface area contributed by atoms with E-state index in [1.54, 1.807) is 6.20 Å². The molecular weight excluding hydrogens is 362 g/mol. The molecule has 1 fully saturated rings. The smallest absolute Gasteiger partial charge is 0.321 e. The molecule has 0 radical (unpaired) electrons. The van der Waals surface area contributed by atoms with Gasteiger partial charge in [-0.15, -0.1) is 0 Å². The minimum atomic E-state index is -0.0622. The molecule has 5 heteroatoms. The fourth-order valence-electron chi connectivity index (χ4n) is 3.44. The van der Waals surface area contributed by atoms with Crippen LogP contribution in [0, 0.1) is 12.8 Å². The molecule has 1 saturated heterocycles. The molecule has 0 saturated carbocycles. The minimum absolute atomic E-state index is 0.0622. The molecule has 1 aliphatic rings. The van der Waals surface area contributed by atoms with Crippen LogP contribution in [0.25, 0.3) is 6.08 Å². The van der Waals surface area contributed by atoms with Crippen LogP contribution >= 0.6 is 0 Å². The number of anilines is 1. The Balaban J connectivity index is 1.58. The Bertz CT molecular complexity index is 845. The Kier molecular flexibility index (Phi) is 7.28. The predicted octanol–water partition coefficient (Wildman–Crippen LogP) is 5.53. The fourth-order valence-corrected chi connectivity index (χ4v) is 3.44. The van der Waals surface area contributed by atoms with Crippen molar-refractivity contribution in [1.29, 1.82) is 0 Å². The van der Waals surface area contributed by atoms with Gasteiger partial charge in [-0.05, 0) is 55.5 Å². The molecule has 1 aliphatic heterocycles. The van der Waals surface area contributed by atoms with Gasteiger partial charge in [0.25, 0.3) is 0 Å². The second-order valence-electron chi connectivity index (χ2n) is 7.71. The summed E-state index contributed by atoms with van der Waals surface area (Å²) in [6, 6.07) is 12.0. The van der Waals surface area contributed by atoms with E-state index in [1.807, 2.05) is 36.1 Å². The van der Waals surface area contributed by atoms with Gasteiger partial charge < -0.3 is 15.0 Å². The molecule has 154 valence electrons. The number of nitrogens with one attached hydrogen (secondary N) is 1. The number of aryl methyl sites for hydroxylation is 1. The number of pyridine rings is 1. The first-order chi connectivity index (χ1) is 14.0. The van der Waals surface area contributed by atoms with Crippen LogP contribution in [0.3, 0.4) is 0 Å². The van der Waals surface area contributed by atoms with Crippen LogP contribution in [0.2, 0.25) is 0 Å². The second-order valence-corrected chi connectivity index (χ2v) is 7.71. The number of unbranched alkanes of at least 4 members (excludes halogenated alkanes) is 1. The lowest BCUT2D eigenvalue weighted by atomic mass is 9.91. The summed E-state index contributed by atoms with van der Waals surface area (Å²) in [6.07, 6.45) is 7.02. The summed E-state index contributed by atoms with van der Waals surface area (Å²) in [6.45, 7) is 8.46. The molecule has 2 amide bonds. The highest BCUT2D eigenvalue weighted by Gasteiger charge is 2.24. The normalized spacial score (nSPS) is 18.0.